The van der Waals surface area contributed by atoms with E-state index in [4.69, 9.17) is 6.57 Å². The quantitative estimate of drug-likeness (QED) is 0.202. The molecule has 0 saturated heterocycles. The highest BCUT2D eigenvalue weighted by Crippen LogP contribution is 2.44. The maximum absolute atomic E-state index is 9.74. The summed E-state index contributed by atoms with van der Waals surface area (Å²) < 4.78 is 4.44. The molecular weight excluding hydrogens is 538 g/mol. The summed E-state index contributed by atoms with van der Waals surface area (Å²) in [7, 11) is 0. The highest BCUT2D eigenvalue weighted by atomic mass is 15.0. The van der Waals surface area contributed by atoms with E-state index >= 15 is 0 Å². The molecule has 0 spiro atoms. The largest absolute Gasteiger partial charge is 0.318 e. The standard InChI is InChI=1S/C39H21N5/c1-42-34-13-3-5-15-37(34)44-35-14-4-2-8-28(35)29-9-6-11-31(39(29)44)30-10-7-12-32-33-22-26(24-41)18-21-36(33)43(38(30)32)27-19-16-25(23-40)17-20-27/h2-22H. The average molecular weight is 560 g/mol. The fourth-order valence-corrected chi connectivity index (χ4v) is 6.54. The molecule has 0 bridgehead atoms. The Balaban J connectivity index is 1.56. The van der Waals surface area contributed by atoms with Crippen LogP contribution in [-0.4, -0.2) is 9.13 Å². The van der Waals surface area contributed by atoms with Crippen LogP contribution in [0.15, 0.2) is 127 Å². The molecule has 0 amide bonds. The number of nitrogens with zero attached hydrogens (tertiary/aromatic N) is 5. The van der Waals surface area contributed by atoms with E-state index in [0.717, 1.165) is 66.1 Å². The van der Waals surface area contributed by atoms with Gasteiger partial charge in [0.25, 0.3) is 0 Å². The fraction of sp³-hybridized carbons (Fsp3) is 0. The van der Waals surface area contributed by atoms with Crippen molar-refractivity contribution in [1.82, 2.24) is 9.13 Å². The van der Waals surface area contributed by atoms with Gasteiger partial charge in [-0.2, -0.15) is 10.5 Å². The zero-order valence-electron chi connectivity index (χ0n) is 23.4. The molecule has 8 aromatic rings. The van der Waals surface area contributed by atoms with E-state index in [1.807, 2.05) is 72.8 Å². The van der Waals surface area contributed by atoms with Gasteiger partial charge in [0.1, 0.15) is 0 Å². The van der Waals surface area contributed by atoms with Crippen LogP contribution in [0.25, 0.3) is 71.0 Å². The van der Waals surface area contributed by atoms with Crippen LogP contribution in [0.4, 0.5) is 5.69 Å². The molecule has 8 rings (SSSR count). The zero-order valence-corrected chi connectivity index (χ0v) is 23.4. The minimum absolute atomic E-state index is 0.582. The van der Waals surface area contributed by atoms with Gasteiger partial charge in [-0.05, 0) is 54.6 Å². The summed E-state index contributed by atoms with van der Waals surface area (Å²) in [5, 5.41) is 23.4. The van der Waals surface area contributed by atoms with Gasteiger partial charge in [0.05, 0.1) is 57.6 Å². The van der Waals surface area contributed by atoms with Crippen LogP contribution in [0.3, 0.4) is 0 Å². The van der Waals surface area contributed by atoms with Gasteiger partial charge in [-0.25, -0.2) is 4.85 Å². The number of hydrogen-bond acceptors (Lipinski definition) is 2. The van der Waals surface area contributed by atoms with E-state index < -0.39 is 0 Å². The first-order valence-electron chi connectivity index (χ1n) is 14.2. The Hall–Kier alpha value is -6.61. The molecule has 0 saturated carbocycles. The van der Waals surface area contributed by atoms with Gasteiger partial charge in [-0.3, -0.25) is 0 Å². The molecule has 6 aromatic carbocycles. The van der Waals surface area contributed by atoms with Crippen LogP contribution in [0.5, 0.6) is 0 Å². The van der Waals surface area contributed by atoms with Crippen LogP contribution < -0.4 is 0 Å². The number of aromatic nitrogens is 2. The Kier molecular flexibility index (Phi) is 5.56. The molecule has 0 radical (unpaired) electrons. The van der Waals surface area contributed by atoms with E-state index in [9.17, 15) is 10.5 Å². The van der Waals surface area contributed by atoms with Crippen LogP contribution in [-0.2, 0) is 0 Å². The molecule has 2 aromatic heterocycles. The first-order valence-corrected chi connectivity index (χ1v) is 14.2. The van der Waals surface area contributed by atoms with Crippen molar-refractivity contribution in [2.24, 2.45) is 0 Å². The minimum atomic E-state index is 0.582. The summed E-state index contributed by atoms with van der Waals surface area (Å²) in [5.74, 6) is 0. The van der Waals surface area contributed by atoms with Crippen molar-refractivity contribution in [2.45, 2.75) is 0 Å². The zero-order chi connectivity index (χ0) is 29.8. The smallest absolute Gasteiger partial charge is 0.210 e. The number of benzene rings is 6. The Labute approximate surface area is 253 Å². The highest BCUT2D eigenvalue weighted by Gasteiger charge is 2.22. The first-order chi connectivity index (χ1) is 21.7. The number of hydrogen-bond donors (Lipinski definition) is 0. The summed E-state index contributed by atoms with van der Waals surface area (Å²) in [6, 6.07) is 46.7. The lowest BCUT2D eigenvalue weighted by molar-refractivity contribution is 1.17. The Morgan fingerprint density at radius 3 is 1.84 bits per heavy atom. The van der Waals surface area contributed by atoms with Crippen molar-refractivity contribution in [1.29, 1.82) is 10.5 Å². The van der Waals surface area contributed by atoms with Crippen molar-refractivity contribution < 1.29 is 0 Å². The fourth-order valence-electron chi connectivity index (χ4n) is 6.54. The van der Waals surface area contributed by atoms with E-state index in [1.54, 1.807) is 0 Å². The van der Waals surface area contributed by atoms with Crippen molar-refractivity contribution in [3.8, 4) is 34.6 Å². The van der Waals surface area contributed by atoms with Gasteiger partial charge < -0.3 is 9.13 Å². The van der Waals surface area contributed by atoms with E-state index in [2.05, 4.69) is 80.7 Å². The molecule has 0 aliphatic rings. The third kappa shape index (κ3) is 3.56. The Morgan fingerprint density at radius 2 is 1.11 bits per heavy atom. The molecule has 202 valence electrons. The Morgan fingerprint density at radius 1 is 0.523 bits per heavy atom. The van der Waals surface area contributed by atoms with E-state index in [0.29, 0.717) is 16.8 Å². The molecule has 0 atom stereocenters. The van der Waals surface area contributed by atoms with Gasteiger partial charge in [0.2, 0.25) is 5.69 Å². The van der Waals surface area contributed by atoms with Crippen molar-refractivity contribution >= 4 is 49.3 Å². The number of para-hydroxylation sites is 5. The molecule has 0 unspecified atom stereocenters. The van der Waals surface area contributed by atoms with Crippen molar-refractivity contribution in [3.05, 3.63) is 150 Å². The maximum atomic E-state index is 9.74. The molecule has 44 heavy (non-hydrogen) atoms. The molecule has 0 N–H and O–H groups in total. The maximum Gasteiger partial charge on any atom is 0.210 e. The lowest BCUT2D eigenvalue weighted by Crippen LogP contribution is -1.98. The number of fused-ring (bicyclic) bond motifs is 6. The van der Waals surface area contributed by atoms with Crippen LogP contribution in [0.2, 0.25) is 0 Å². The second-order valence-corrected chi connectivity index (χ2v) is 10.7. The average Bonchev–Trinajstić information content (AvgIpc) is 3.61. The SMILES string of the molecule is [C-]#[N+]c1ccccc1-n1c2ccccc2c2cccc(-c3cccc4c5cc(C#N)ccc5n(-c5ccc(C#N)cc5)c34)c21. The van der Waals surface area contributed by atoms with Gasteiger partial charge >= 0.3 is 0 Å². The number of nitriles is 2. The molecule has 0 aliphatic carbocycles. The van der Waals surface area contributed by atoms with Gasteiger partial charge in [-0.15, -0.1) is 0 Å². The Bertz CT molecular complexity index is 2580. The monoisotopic (exact) mass is 559 g/mol. The summed E-state index contributed by atoms with van der Waals surface area (Å²) in [6.07, 6.45) is 0. The molecule has 5 nitrogen and oxygen atoms in total. The second-order valence-electron chi connectivity index (χ2n) is 10.7. The van der Waals surface area contributed by atoms with E-state index in [-0.39, 0.29) is 0 Å². The summed E-state index contributed by atoms with van der Waals surface area (Å²) in [6.45, 7) is 7.94. The molecule has 0 aliphatic heterocycles. The predicted molar refractivity (Wildman–Crippen MR) is 176 cm³/mol. The normalized spacial score (nSPS) is 11.1. The van der Waals surface area contributed by atoms with Crippen molar-refractivity contribution in [3.63, 3.8) is 0 Å². The molecule has 5 heteroatoms. The highest BCUT2D eigenvalue weighted by molar-refractivity contribution is 6.19. The third-order valence-electron chi connectivity index (χ3n) is 8.40. The lowest BCUT2D eigenvalue weighted by atomic mass is 9.99. The predicted octanol–water partition coefficient (Wildman–Crippen LogP) is 9.84. The minimum Gasteiger partial charge on any atom is -0.318 e. The summed E-state index contributed by atoms with van der Waals surface area (Å²) in [4.78, 5) is 3.88. The molecule has 2 heterocycles. The summed E-state index contributed by atoms with van der Waals surface area (Å²) in [5.41, 5.74) is 9.61. The van der Waals surface area contributed by atoms with Crippen LogP contribution >= 0.6 is 0 Å². The topological polar surface area (TPSA) is 61.8 Å². The van der Waals surface area contributed by atoms with Crippen LogP contribution in [0, 0.1) is 29.2 Å². The van der Waals surface area contributed by atoms with E-state index in [1.165, 1.54) is 0 Å². The third-order valence-corrected chi connectivity index (χ3v) is 8.40. The first kappa shape index (κ1) is 25.1. The van der Waals surface area contributed by atoms with Crippen molar-refractivity contribution in [2.75, 3.05) is 0 Å². The van der Waals surface area contributed by atoms with Gasteiger partial charge in [0, 0.05) is 38.4 Å². The van der Waals surface area contributed by atoms with Gasteiger partial charge in [0.15, 0.2) is 0 Å². The summed E-state index contributed by atoms with van der Waals surface area (Å²) >= 11 is 0. The number of rotatable bonds is 3. The van der Waals surface area contributed by atoms with Crippen LogP contribution in [0.1, 0.15) is 11.1 Å². The van der Waals surface area contributed by atoms with Gasteiger partial charge in [-0.1, -0.05) is 72.8 Å². The second kappa shape index (κ2) is 9.74. The lowest BCUT2D eigenvalue weighted by Gasteiger charge is -2.15. The molecular formula is C39H21N5. The molecule has 0 fully saturated rings.